The molecule has 1 aliphatic heterocycles. The first kappa shape index (κ1) is 40.5. The Hall–Kier alpha value is -4.64. The second kappa shape index (κ2) is 19.1. The number of aryl methyl sites for hydroxylation is 1. The molecule has 0 bridgehead atoms. The zero-order valence-corrected chi connectivity index (χ0v) is 32.5. The number of rotatable bonds is 17. The number of ether oxygens (including phenoxy) is 4. The molecule has 5 rings (SSSR count). The van der Waals surface area contributed by atoms with Gasteiger partial charge in [-0.3, -0.25) is 9.59 Å². The fourth-order valence-corrected chi connectivity index (χ4v) is 6.66. The minimum atomic E-state index is -1.17. The molecule has 0 unspecified atom stereocenters. The molecule has 0 aromatic heterocycles. The lowest BCUT2D eigenvalue weighted by Gasteiger charge is -2.31. The van der Waals surface area contributed by atoms with Gasteiger partial charge in [0.2, 0.25) is 5.91 Å². The molecule has 54 heavy (non-hydrogen) atoms. The fraction of sp³-hybridized carbons (Fsp3) is 0.395. The number of benzene rings is 4. The molecule has 1 heterocycles. The number of amides is 2. The van der Waals surface area contributed by atoms with Gasteiger partial charge >= 0.3 is 0 Å². The van der Waals surface area contributed by atoms with Crippen LogP contribution in [0.5, 0.6) is 17.2 Å². The summed E-state index contributed by atoms with van der Waals surface area (Å²) in [4.78, 5) is 29.4. The monoisotopic (exact) mass is 759 g/mol. The SMILES string of the molecule is COc1cccc(CCCNCCCOc2cccc([C@H]3O[C@H](CC(=O)NCc4ccccc4F)C(=O)N(CC(C)(C)C)c4ccc(Cl)cc43)c2OC)c1. The fourth-order valence-electron chi connectivity index (χ4n) is 6.48. The zero-order valence-electron chi connectivity index (χ0n) is 31.8. The van der Waals surface area contributed by atoms with Crippen LogP contribution in [0.2, 0.25) is 5.02 Å². The summed E-state index contributed by atoms with van der Waals surface area (Å²) in [6, 6.07) is 25.3. The van der Waals surface area contributed by atoms with Gasteiger partial charge in [-0.1, -0.05) is 74.8 Å². The third kappa shape index (κ3) is 11.0. The maximum atomic E-state index is 14.4. The van der Waals surface area contributed by atoms with Crippen LogP contribution < -0.4 is 29.7 Å². The van der Waals surface area contributed by atoms with E-state index in [1.165, 1.54) is 11.6 Å². The Balaban J connectivity index is 1.32. The predicted octanol–water partition coefficient (Wildman–Crippen LogP) is 8.06. The van der Waals surface area contributed by atoms with Gasteiger partial charge in [-0.05, 0) is 85.8 Å². The lowest BCUT2D eigenvalue weighted by molar-refractivity contribution is -0.138. The number of anilines is 1. The van der Waals surface area contributed by atoms with Crippen LogP contribution in [0.3, 0.4) is 0 Å². The van der Waals surface area contributed by atoms with Gasteiger partial charge < -0.3 is 34.5 Å². The topological polar surface area (TPSA) is 98.4 Å². The Kier molecular flexibility index (Phi) is 14.3. The standard InChI is InChI=1S/C43H51ClFN3O6/c1-43(2,3)28-48-36-20-19-31(44)25-34(36)40(54-38(42(48)50)26-39(49)47-27-30-14-6-7-17-35(30)45)33-16-9-18-37(41(33)52-5)53-23-11-22-46-21-10-13-29-12-8-15-32(24-29)51-4/h6-9,12,14-20,24-25,38,40,46H,10-11,13,21-23,26-28H2,1-5H3,(H,47,49)/t38-,40-/m1/s1. The van der Waals surface area contributed by atoms with Crippen LogP contribution in [-0.4, -0.2) is 58.4 Å². The molecular formula is C43H51ClFN3O6. The number of methoxy groups -OCH3 is 2. The molecule has 2 N–H and O–H groups in total. The highest BCUT2D eigenvalue weighted by atomic mass is 35.5. The number of nitrogens with zero attached hydrogens (tertiary/aromatic N) is 1. The van der Waals surface area contributed by atoms with Gasteiger partial charge in [0.15, 0.2) is 11.5 Å². The van der Waals surface area contributed by atoms with Crippen molar-refractivity contribution in [1.29, 1.82) is 0 Å². The van der Waals surface area contributed by atoms with Crippen LogP contribution in [0, 0.1) is 11.2 Å². The highest BCUT2D eigenvalue weighted by molar-refractivity contribution is 6.30. The quantitative estimate of drug-likeness (QED) is 0.105. The highest BCUT2D eigenvalue weighted by Gasteiger charge is 2.40. The molecule has 0 radical (unpaired) electrons. The lowest BCUT2D eigenvalue weighted by Crippen LogP contribution is -2.45. The minimum Gasteiger partial charge on any atom is -0.497 e. The minimum absolute atomic E-state index is 0.0244. The van der Waals surface area contributed by atoms with Crippen LogP contribution in [0.25, 0.3) is 0 Å². The van der Waals surface area contributed by atoms with E-state index in [9.17, 15) is 14.0 Å². The number of nitrogens with one attached hydrogen (secondary N) is 2. The summed E-state index contributed by atoms with van der Waals surface area (Å²) in [5, 5.41) is 6.71. The second-order valence-corrected chi connectivity index (χ2v) is 15.0. The summed E-state index contributed by atoms with van der Waals surface area (Å²) in [5.74, 6) is 0.620. The maximum Gasteiger partial charge on any atom is 0.256 e. The van der Waals surface area contributed by atoms with Crippen molar-refractivity contribution < 1.29 is 32.9 Å². The van der Waals surface area contributed by atoms with Crippen LogP contribution in [-0.2, 0) is 27.3 Å². The summed E-state index contributed by atoms with van der Waals surface area (Å²) in [7, 11) is 3.24. The molecule has 2 atom stereocenters. The van der Waals surface area contributed by atoms with E-state index in [0.29, 0.717) is 52.1 Å². The van der Waals surface area contributed by atoms with Gasteiger partial charge in [0.1, 0.15) is 23.8 Å². The molecule has 11 heteroatoms. The average Bonchev–Trinajstić information content (AvgIpc) is 3.25. The molecule has 0 fully saturated rings. The Morgan fingerprint density at radius 1 is 0.926 bits per heavy atom. The van der Waals surface area contributed by atoms with Crippen molar-refractivity contribution in [3.05, 3.63) is 118 Å². The van der Waals surface area contributed by atoms with Crippen LogP contribution in [0.1, 0.15) is 68.4 Å². The Labute approximate surface area is 323 Å². The third-order valence-corrected chi connectivity index (χ3v) is 9.28. The van der Waals surface area contributed by atoms with E-state index < -0.39 is 23.9 Å². The molecule has 0 saturated carbocycles. The number of halogens is 2. The van der Waals surface area contributed by atoms with Crippen LogP contribution in [0.4, 0.5) is 10.1 Å². The molecular weight excluding hydrogens is 709 g/mol. The third-order valence-electron chi connectivity index (χ3n) is 9.05. The van der Waals surface area contributed by atoms with Gasteiger partial charge in [-0.25, -0.2) is 4.39 Å². The number of hydrogen-bond donors (Lipinski definition) is 2. The first-order chi connectivity index (χ1) is 26.0. The summed E-state index contributed by atoms with van der Waals surface area (Å²) < 4.78 is 38.5. The second-order valence-electron chi connectivity index (χ2n) is 14.6. The van der Waals surface area contributed by atoms with Gasteiger partial charge in [0.05, 0.1) is 27.2 Å². The number of carbonyl (C=O) groups is 2. The van der Waals surface area contributed by atoms with Gasteiger partial charge in [-0.2, -0.15) is 0 Å². The van der Waals surface area contributed by atoms with E-state index in [4.69, 9.17) is 30.5 Å². The number of hydrogen-bond acceptors (Lipinski definition) is 7. The highest BCUT2D eigenvalue weighted by Crippen LogP contribution is 2.45. The molecule has 1 aliphatic rings. The van der Waals surface area contributed by atoms with Gasteiger partial charge in [0.25, 0.3) is 5.91 Å². The number of para-hydroxylation sites is 1. The predicted molar refractivity (Wildman–Crippen MR) is 210 cm³/mol. The summed E-state index contributed by atoms with van der Waals surface area (Å²) in [6.45, 7) is 8.56. The average molecular weight is 760 g/mol. The molecule has 0 saturated heterocycles. The lowest BCUT2D eigenvalue weighted by atomic mass is 9.94. The van der Waals surface area contributed by atoms with Crippen molar-refractivity contribution >= 4 is 29.1 Å². The smallest absolute Gasteiger partial charge is 0.256 e. The van der Waals surface area contributed by atoms with Gasteiger partial charge in [0, 0.05) is 40.5 Å². The molecule has 4 aromatic carbocycles. The Bertz CT molecular complexity index is 1880. The number of carbonyl (C=O) groups excluding carboxylic acids is 2. The normalized spacial score (nSPS) is 15.7. The molecule has 288 valence electrons. The van der Waals surface area contributed by atoms with Crippen molar-refractivity contribution in [3.63, 3.8) is 0 Å². The molecule has 2 amide bonds. The van der Waals surface area contributed by atoms with E-state index >= 15 is 0 Å². The summed E-state index contributed by atoms with van der Waals surface area (Å²) in [5.41, 5.74) is 3.20. The van der Waals surface area contributed by atoms with Crippen LogP contribution in [0.15, 0.2) is 84.9 Å². The zero-order chi connectivity index (χ0) is 38.7. The maximum absolute atomic E-state index is 14.4. The molecule has 9 nitrogen and oxygen atoms in total. The van der Waals surface area contributed by atoms with Crippen LogP contribution >= 0.6 is 11.6 Å². The van der Waals surface area contributed by atoms with Crippen molar-refractivity contribution in [2.75, 3.05) is 45.4 Å². The first-order valence-electron chi connectivity index (χ1n) is 18.4. The van der Waals surface area contributed by atoms with Crippen molar-refractivity contribution in [3.8, 4) is 17.2 Å². The Morgan fingerprint density at radius 2 is 1.70 bits per heavy atom. The van der Waals surface area contributed by atoms with E-state index in [1.807, 2.05) is 57.2 Å². The number of fused-ring (bicyclic) bond motifs is 1. The molecule has 0 spiro atoms. The Morgan fingerprint density at radius 3 is 2.46 bits per heavy atom. The van der Waals surface area contributed by atoms with Crippen molar-refractivity contribution in [2.24, 2.45) is 5.41 Å². The summed E-state index contributed by atoms with van der Waals surface area (Å²) >= 11 is 6.59. The molecule has 4 aromatic rings. The van der Waals surface area contributed by atoms with E-state index in [0.717, 1.165) is 38.1 Å². The van der Waals surface area contributed by atoms with E-state index in [1.54, 1.807) is 49.5 Å². The van der Waals surface area contributed by atoms with Crippen molar-refractivity contribution in [2.45, 2.75) is 65.2 Å². The van der Waals surface area contributed by atoms with Crippen molar-refractivity contribution in [1.82, 2.24) is 10.6 Å². The van der Waals surface area contributed by atoms with E-state index in [-0.39, 0.29) is 24.3 Å². The van der Waals surface area contributed by atoms with Gasteiger partial charge in [-0.15, -0.1) is 0 Å². The summed E-state index contributed by atoms with van der Waals surface area (Å²) in [6.07, 6.45) is 0.430. The van der Waals surface area contributed by atoms with E-state index in [2.05, 4.69) is 22.8 Å². The first-order valence-corrected chi connectivity index (χ1v) is 18.7. The largest absolute Gasteiger partial charge is 0.497 e. The molecule has 0 aliphatic carbocycles.